The van der Waals surface area contributed by atoms with Gasteiger partial charge < -0.3 is 14.5 Å². The number of amides is 1. The largest absolute Gasteiger partial charge is 0.471 e. The molecule has 0 aliphatic carbocycles. The van der Waals surface area contributed by atoms with Gasteiger partial charge >= 0.3 is 11.5 Å². The number of hydrogen-bond donors (Lipinski definition) is 1. The number of ether oxygens (including phenoxy) is 1. The van der Waals surface area contributed by atoms with E-state index in [2.05, 4.69) is 10.1 Å². The van der Waals surface area contributed by atoms with Crippen LogP contribution in [-0.2, 0) is 4.74 Å². The average Bonchev–Trinajstić information content (AvgIpc) is 2.94. The van der Waals surface area contributed by atoms with E-state index in [1.807, 2.05) is 0 Å². The van der Waals surface area contributed by atoms with Gasteiger partial charge in [0.05, 0.1) is 12.7 Å². The third kappa shape index (κ3) is 4.52. The zero-order valence-electron chi connectivity index (χ0n) is 11.6. The fourth-order valence-corrected chi connectivity index (χ4v) is 2.31. The van der Waals surface area contributed by atoms with Crippen LogP contribution in [-0.4, -0.2) is 24.5 Å². The van der Waals surface area contributed by atoms with E-state index in [9.17, 15) is 22.8 Å². The summed E-state index contributed by atoms with van der Waals surface area (Å²) in [6, 6.07) is 5.25. The number of hydrogen-bond acceptors (Lipinski definition) is 5. The van der Waals surface area contributed by atoms with Gasteiger partial charge in [-0.2, -0.15) is 13.2 Å². The van der Waals surface area contributed by atoms with Crippen LogP contribution in [0.15, 0.2) is 46.1 Å². The molecule has 1 aromatic heterocycles. The lowest BCUT2D eigenvalue weighted by atomic mass is 10.2. The Bertz CT molecular complexity index is 727. The molecule has 0 aliphatic heterocycles. The van der Waals surface area contributed by atoms with Gasteiger partial charge in [-0.15, -0.1) is 0 Å². The lowest BCUT2D eigenvalue weighted by Gasteiger charge is -2.08. The summed E-state index contributed by atoms with van der Waals surface area (Å²) in [6.45, 7) is 0. The predicted octanol–water partition coefficient (Wildman–Crippen LogP) is 3.93. The molecule has 23 heavy (non-hydrogen) atoms. The van der Waals surface area contributed by atoms with E-state index >= 15 is 0 Å². The summed E-state index contributed by atoms with van der Waals surface area (Å²) >= 11 is -0.293. The van der Waals surface area contributed by atoms with Crippen LogP contribution < -0.4 is 5.32 Å². The molecule has 0 unspecified atom stereocenters. The molecule has 0 radical (unpaired) electrons. The van der Waals surface area contributed by atoms with Crippen LogP contribution in [0.25, 0.3) is 0 Å². The third-order valence-corrected chi connectivity index (χ3v) is 3.36. The van der Waals surface area contributed by atoms with Crippen LogP contribution in [0.2, 0.25) is 0 Å². The van der Waals surface area contributed by atoms with E-state index in [1.54, 1.807) is 0 Å². The Morgan fingerprint density at radius 2 is 1.91 bits per heavy atom. The molecule has 0 bridgehead atoms. The number of carbonyl (C=O) groups excluding carboxylic acids is 2. The van der Waals surface area contributed by atoms with Crippen LogP contribution >= 0.6 is 11.8 Å². The Morgan fingerprint density at radius 1 is 1.22 bits per heavy atom. The number of thioether (sulfide) groups is 1. The standard InChI is InChI=1S/C14H10F3NO4S/c1-21-13(20)11-7-22-6-10(11)12(19)18-8-3-2-4-9(5-8)23-14(15,16)17/h2-7H,1H3,(H,18,19). The molecule has 122 valence electrons. The minimum absolute atomic E-state index is 0.0734. The quantitative estimate of drug-likeness (QED) is 0.672. The minimum Gasteiger partial charge on any atom is -0.471 e. The first-order valence-electron chi connectivity index (χ1n) is 6.12. The number of furan rings is 1. The first-order valence-corrected chi connectivity index (χ1v) is 6.93. The van der Waals surface area contributed by atoms with Crippen LogP contribution in [0.1, 0.15) is 20.7 Å². The monoisotopic (exact) mass is 345 g/mol. The number of rotatable bonds is 4. The molecular weight excluding hydrogens is 335 g/mol. The van der Waals surface area contributed by atoms with Gasteiger partial charge in [0.1, 0.15) is 18.1 Å². The summed E-state index contributed by atoms with van der Waals surface area (Å²) in [6.07, 6.45) is 2.10. The SMILES string of the molecule is COC(=O)c1cocc1C(=O)Nc1cccc(SC(F)(F)F)c1. The average molecular weight is 345 g/mol. The van der Waals surface area contributed by atoms with Crippen molar-refractivity contribution in [3.8, 4) is 0 Å². The normalized spacial score (nSPS) is 11.1. The van der Waals surface area contributed by atoms with E-state index in [1.165, 1.54) is 24.3 Å². The summed E-state index contributed by atoms with van der Waals surface area (Å²) in [5.41, 5.74) is -4.43. The molecule has 0 fully saturated rings. The first kappa shape index (κ1) is 16.9. The summed E-state index contributed by atoms with van der Waals surface area (Å²) in [5, 5.41) is 2.40. The number of halogens is 3. The molecule has 1 heterocycles. The maximum atomic E-state index is 12.4. The number of alkyl halides is 3. The number of anilines is 1. The van der Waals surface area contributed by atoms with E-state index in [0.29, 0.717) is 0 Å². The molecule has 0 atom stereocenters. The third-order valence-electron chi connectivity index (χ3n) is 2.64. The molecule has 0 aliphatic rings. The van der Waals surface area contributed by atoms with Gasteiger partial charge in [0.2, 0.25) is 0 Å². The summed E-state index contributed by atoms with van der Waals surface area (Å²) in [5.74, 6) is -1.46. The second-order valence-electron chi connectivity index (χ2n) is 4.22. The number of benzene rings is 1. The molecule has 1 aromatic carbocycles. The Balaban J connectivity index is 2.16. The van der Waals surface area contributed by atoms with Crippen molar-refractivity contribution in [2.75, 3.05) is 12.4 Å². The maximum Gasteiger partial charge on any atom is 0.446 e. The molecule has 0 saturated carbocycles. The van der Waals surface area contributed by atoms with Crippen molar-refractivity contribution in [2.45, 2.75) is 10.4 Å². The van der Waals surface area contributed by atoms with Gasteiger partial charge in [0, 0.05) is 10.6 Å². The Labute approximate surface area is 132 Å². The van der Waals surface area contributed by atoms with Crippen molar-refractivity contribution in [3.63, 3.8) is 0 Å². The van der Waals surface area contributed by atoms with Gasteiger partial charge in [-0.05, 0) is 30.0 Å². The van der Waals surface area contributed by atoms with E-state index in [0.717, 1.165) is 19.6 Å². The van der Waals surface area contributed by atoms with Crippen LogP contribution in [0.3, 0.4) is 0 Å². The van der Waals surface area contributed by atoms with Gasteiger partial charge in [-0.3, -0.25) is 4.79 Å². The lowest BCUT2D eigenvalue weighted by Crippen LogP contribution is -2.15. The van der Waals surface area contributed by atoms with E-state index in [4.69, 9.17) is 4.42 Å². The number of carbonyl (C=O) groups is 2. The van der Waals surface area contributed by atoms with Crippen LogP contribution in [0.4, 0.5) is 18.9 Å². The molecule has 1 N–H and O–H groups in total. The topological polar surface area (TPSA) is 68.5 Å². The molecule has 1 amide bonds. The fraction of sp³-hybridized carbons (Fsp3) is 0.143. The number of nitrogens with one attached hydrogen (secondary N) is 1. The fourth-order valence-electron chi connectivity index (χ4n) is 1.71. The second-order valence-corrected chi connectivity index (χ2v) is 5.36. The highest BCUT2D eigenvalue weighted by Gasteiger charge is 2.29. The van der Waals surface area contributed by atoms with Crippen molar-refractivity contribution in [2.24, 2.45) is 0 Å². The Hall–Kier alpha value is -2.42. The van der Waals surface area contributed by atoms with Gasteiger partial charge in [0.25, 0.3) is 5.91 Å². The van der Waals surface area contributed by atoms with Gasteiger partial charge in [-0.25, -0.2) is 4.79 Å². The number of esters is 1. The first-order chi connectivity index (χ1) is 10.8. The maximum absolute atomic E-state index is 12.4. The zero-order valence-corrected chi connectivity index (χ0v) is 12.5. The molecule has 0 spiro atoms. The Morgan fingerprint density at radius 3 is 2.57 bits per heavy atom. The highest BCUT2D eigenvalue weighted by atomic mass is 32.2. The highest BCUT2D eigenvalue weighted by Crippen LogP contribution is 2.37. The second kappa shape index (κ2) is 6.78. The predicted molar refractivity (Wildman–Crippen MR) is 76.4 cm³/mol. The molecular formula is C14H10F3NO4S. The van der Waals surface area contributed by atoms with Crippen LogP contribution in [0.5, 0.6) is 0 Å². The summed E-state index contributed by atoms with van der Waals surface area (Å²) in [4.78, 5) is 23.5. The van der Waals surface area contributed by atoms with Crippen molar-refractivity contribution < 1.29 is 31.9 Å². The van der Waals surface area contributed by atoms with Crippen molar-refractivity contribution in [1.29, 1.82) is 0 Å². The van der Waals surface area contributed by atoms with Crippen molar-refractivity contribution in [1.82, 2.24) is 0 Å². The molecule has 2 rings (SSSR count). The highest BCUT2D eigenvalue weighted by molar-refractivity contribution is 8.00. The molecule has 9 heteroatoms. The minimum atomic E-state index is -4.43. The van der Waals surface area contributed by atoms with Crippen molar-refractivity contribution >= 4 is 29.3 Å². The van der Waals surface area contributed by atoms with E-state index < -0.39 is 17.4 Å². The van der Waals surface area contributed by atoms with Crippen LogP contribution in [0, 0.1) is 0 Å². The molecule has 0 saturated heterocycles. The smallest absolute Gasteiger partial charge is 0.446 e. The summed E-state index contributed by atoms with van der Waals surface area (Å²) in [7, 11) is 1.15. The molecule has 2 aromatic rings. The summed E-state index contributed by atoms with van der Waals surface area (Å²) < 4.78 is 46.4. The number of methoxy groups -OCH3 is 1. The zero-order chi connectivity index (χ0) is 17.0. The van der Waals surface area contributed by atoms with Crippen molar-refractivity contribution in [3.05, 3.63) is 47.9 Å². The molecule has 5 nitrogen and oxygen atoms in total. The van der Waals surface area contributed by atoms with Gasteiger partial charge in [0.15, 0.2) is 0 Å². The lowest BCUT2D eigenvalue weighted by molar-refractivity contribution is -0.0328. The van der Waals surface area contributed by atoms with Gasteiger partial charge in [-0.1, -0.05) is 6.07 Å². The van der Waals surface area contributed by atoms with E-state index in [-0.39, 0.29) is 33.5 Å². The Kier molecular flexibility index (Phi) is 4.99.